The van der Waals surface area contributed by atoms with Gasteiger partial charge in [-0.15, -0.1) is 13.2 Å². The van der Waals surface area contributed by atoms with Crippen LogP contribution in [0.15, 0.2) is 42.5 Å². The van der Waals surface area contributed by atoms with Crippen molar-refractivity contribution < 1.29 is 17.9 Å². The van der Waals surface area contributed by atoms with Crippen LogP contribution in [-0.2, 0) is 0 Å². The predicted molar refractivity (Wildman–Crippen MR) is 67.7 cm³/mol. The van der Waals surface area contributed by atoms with Gasteiger partial charge in [0.05, 0.1) is 5.56 Å². The van der Waals surface area contributed by atoms with Gasteiger partial charge in [0.1, 0.15) is 11.8 Å². The van der Waals surface area contributed by atoms with E-state index < -0.39 is 6.36 Å². The van der Waals surface area contributed by atoms with Crippen LogP contribution < -0.4 is 10.5 Å². The van der Waals surface area contributed by atoms with E-state index in [-0.39, 0.29) is 11.3 Å². The van der Waals surface area contributed by atoms with E-state index in [0.717, 1.165) is 0 Å². The summed E-state index contributed by atoms with van der Waals surface area (Å²) in [5.41, 5.74) is 7.27. The minimum atomic E-state index is -4.74. The van der Waals surface area contributed by atoms with Crippen molar-refractivity contribution in [1.29, 1.82) is 5.26 Å². The van der Waals surface area contributed by atoms with E-state index in [2.05, 4.69) is 4.74 Å². The summed E-state index contributed by atoms with van der Waals surface area (Å²) < 4.78 is 40.4. The highest BCUT2D eigenvalue weighted by Gasteiger charge is 2.31. The standard InChI is InChI=1S/C14H9F3N2O/c15-14(16,17)20-12-3-1-2-9(7-12)10-4-5-13(19)11(6-10)8-18/h1-7H,19H2. The van der Waals surface area contributed by atoms with Gasteiger partial charge in [-0.05, 0) is 35.4 Å². The Balaban J connectivity index is 2.39. The molecule has 0 fully saturated rings. The number of nitrogens with zero attached hydrogens (tertiary/aromatic N) is 1. The van der Waals surface area contributed by atoms with Crippen LogP contribution >= 0.6 is 0 Å². The molecule has 0 amide bonds. The number of nitrogens with two attached hydrogens (primary N) is 1. The zero-order valence-electron chi connectivity index (χ0n) is 10.1. The lowest BCUT2D eigenvalue weighted by molar-refractivity contribution is -0.274. The molecular formula is C14H9F3N2O. The fourth-order valence-corrected chi connectivity index (χ4v) is 1.71. The lowest BCUT2D eigenvalue weighted by Gasteiger charge is -2.10. The molecule has 0 radical (unpaired) electrons. The molecular weight excluding hydrogens is 269 g/mol. The molecule has 2 N–H and O–H groups in total. The van der Waals surface area contributed by atoms with E-state index in [1.807, 2.05) is 6.07 Å². The van der Waals surface area contributed by atoms with Gasteiger partial charge in [-0.2, -0.15) is 5.26 Å². The highest BCUT2D eigenvalue weighted by atomic mass is 19.4. The van der Waals surface area contributed by atoms with Crippen LogP contribution in [0, 0.1) is 11.3 Å². The van der Waals surface area contributed by atoms with Crippen LogP contribution in [0.4, 0.5) is 18.9 Å². The molecule has 6 heteroatoms. The average Bonchev–Trinajstić information content (AvgIpc) is 2.37. The lowest BCUT2D eigenvalue weighted by Crippen LogP contribution is -2.17. The van der Waals surface area contributed by atoms with E-state index in [1.54, 1.807) is 12.1 Å². The van der Waals surface area contributed by atoms with Crippen molar-refractivity contribution in [2.45, 2.75) is 6.36 Å². The number of alkyl halides is 3. The minimum absolute atomic E-state index is 0.268. The smallest absolute Gasteiger partial charge is 0.406 e. The quantitative estimate of drug-likeness (QED) is 0.852. The maximum absolute atomic E-state index is 12.2. The van der Waals surface area contributed by atoms with Crippen LogP contribution in [0.3, 0.4) is 0 Å². The maximum Gasteiger partial charge on any atom is 0.573 e. The Morgan fingerprint density at radius 1 is 1.05 bits per heavy atom. The van der Waals surface area contributed by atoms with Gasteiger partial charge in [-0.1, -0.05) is 18.2 Å². The topological polar surface area (TPSA) is 59.0 Å². The summed E-state index contributed by atoms with van der Waals surface area (Å²) in [7, 11) is 0. The van der Waals surface area contributed by atoms with Crippen LogP contribution in [-0.4, -0.2) is 6.36 Å². The first-order valence-electron chi connectivity index (χ1n) is 5.55. The van der Waals surface area contributed by atoms with Crippen molar-refractivity contribution in [1.82, 2.24) is 0 Å². The molecule has 0 aliphatic heterocycles. The van der Waals surface area contributed by atoms with E-state index in [4.69, 9.17) is 11.0 Å². The number of rotatable bonds is 2. The molecule has 0 atom stereocenters. The summed E-state index contributed by atoms with van der Waals surface area (Å²) in [5, 5.41) is 8.89. The van der Waals surface area contributed by atoms with Gasteiger partial charge in [-0.3, -0.25) is 0 Å². The molecule has 2 rings (SSSR count). The minimum Gasteiger partial charge on any atom is -0.406 e. The largest absolute Gasteiger partial charge is 0.573 e. The van der Waals surface area contributed by atoms with Gasteiger partial charge in [-0.25, -0.2) is 0 Å². The molecule has 0 bridgehead atoms. The summed E-state index contributed by atoms with van der Waals surface area (Å²) in [6.45, 7) is 0. The van der Waals surface area contributed by atoms with Crippen LogP contribution in [0.1, 0.15) is 5.56 Å². The monoisotopic (exact) mass is 278 g/mol. The zero-order chi connectivity index (χ0) is 14.8. The molecule has 0 aromatic heterocycles. The molecule has 0 aliphatic carbocycles. The number of hydrogen-bond donors (Lipinski definition) is 1. The Kier molecular flexibility index (Phi) is 3.53. The Morgan fingerprint density at radius 2 is 1.75 bits per heavy atom. The number of halogens is 3. The molecule has 0 aliphatic rings. The molecule has 102 valence electrons. The molecule has 0 saturated heterocycles. The average molecular weight is 278 g/mol. The highest BCUT2D eigenvalue weighted by Crippen LogP contribution is 2.29. The third-order valence-electron chi connectivity index (χ3n) is 2.57. The van der Waals surface area contributed by atoms with Crippen molar-refractivity contribution in [3.05, 3.63) is 48.0 Å². The van der Waals surface area contributed by atoms with Crippen LogP contribution in [0.25, 0.3) is 11.1 Å². The fraction of sp³-hybridized carbons (Fsp3) is 0.0714. The Hall–Kier alpha value is -2.68. The first-order valence-corrected chi connectivity index (χ1v) is 5.55. The van der Waals surface area contributed by atoms with E-state index in [9.17, 15) is 13.2 Å². The highest BCUT2D eigenvalue weighted by molar-refractivity contribution is 5.70. The van der Waals surface area contributed by atoms with Crippen molar-refractivity contribution in [2.24, 2.45) is 0 Å². The molecule has 2 aromatic rings. The van der Waals surface area contributed by atoms with Crippen LogP contribution in [0.2, 0.25) is 0 Å². The molecule has 2 aromatic carbocycles. The molecule has 0 heterocycles. The SMILES string of the molecule is N#Cc1cc(-c2cccc(OC(F)(F)F)c2)ccc1N. The Bertz CT molecular complexity index is 675. The predicted octanol–water partition coefficient (Wildman–Crippen LogP) is 3.71. The van der Waals surface area contributed by atoms with E-state index in [0.29, 0.717) is 16.8 Å². The number of nitriles is 1. The fourth-order valence-electron chi connectivity index (χ4n) is 1.71. The third-order valence-corrected chi connectivity index (χ3v) is 2.57. The van der Waals surface area contributed by atoms with E-state index in [1.165, 1.54) is 30.3 Å². The van der Waals surface area contributed by atoms with Crippen LogP contribution in [0.5, 0.6) is 5.75 Å². The van der Waals surface area contributed by atoms with Crippen molar-refractivity contribution in [2.75, 3.05) is 5.73 Å². The second-order valence-corrected chi connectivity index (χ2v) is 3.99. The van der Waals surface area contributed by atoms with Gasteiger partial charge in [0.25, 0.3) is 0 Å². The molecule has 3 nitrogen and oxygen atoms in total. The van der Waals surface area contributed by atoms with Crippen molar-refractivity contribution in [3.8, 4) is 22.9 Å². The van der Waals surface area contributed by atoms with Gasteiger partial charge in [0.2, 0.25) is 0 Å². The van der Waals surface area contributed by atoms with Crippen molar-refractivity contribution >= 4 is 5.69 Å². The van der Waals surface area contributed by atoms with E-state index >= 15 is 0 Å². The van der Waals surface area contributed by atoms with Crippen molar-refractivity contribution in [3.63, 3.8) is 0 Å². The number of anilines is 1. The Morgan fingerprint density at radius 3 is 2.40 bits per heavy atom. The van der Waals surface area contributed by atoms with Gasteiger partial charge < -0.3 is 10.5 Å². The van der Waals surface area contributed by atoms with Gasteiger partial charge in [0, 0.05) is 5.69 Å². The maximum atomic E-state index is 12.2. The molecule has 20 heavy (non-hydrogen) atoms. The third kappa shape index (κ3) is 3.20. The first kappa shape index (κ1) is 13.7. The Labute approximate surface area is 113 Å². The number of hydrogen-bond acceptors (Lipinski definition) is 3. The molecule has 0 unspecified atom stereocenters. The summed E-state index contributed by atoms with van der Waals surface area (Å²) >= 11 is 0. The lowest BCUT2D eigenvalue weighted by atomic mass is 10.0. The summed E-state index contributed by atoms with van der Waals surface area (Å²) in [5.74, 6) is -0.315. The van der Waals surface area contributed by atoms with Gasteiger partial charge in [0.15, 0.2) is 0 Å². The molecule has 0 saturated carbocycles. The normalized spacial score (nSPS) is 10.9. The zero-order valence-corrected chi connectivity index (χ0v) is 10.1. The first-order chi connectivity index (χ1) is 9.39. The summed E-state index contributed by atoms with van der Waals surface area (Å²) in [6, 6.07) is 12.1. The second kappa shape index (κ2) is 5.13. The number of benzene rings is 2. The summed E-state index contributed by atoms with van der Waals surface area (Å²) in [4.78, 5) is 0. The molecule has 0 spiro atoms. The van der Waals surface area contributed by atoms with Gasteiger partial charge >= 0.3 is 6.36 Å². The number of ether oxygens (including phenoxy) is 1. The number of nitrogen functional groups attached to an aromatic ring is 1. The summed E-state index contributed by atoms with van der Waals surface area (Å²) in [6.07, 6.45) is -4.74. The second-order valence-electron chi connectivity index (χ2n) is 3.99.